The van der Waals surface area contributed by atoms with E-state index in [9.17, 15) is 0 Å². The van der Waals surface area contributed by atoms with E-state index in [-0.39, 0.29) is 12.1 Å². The van der Waals surface area contributed by atoms with Crippen LogP contribution in [0.3, 0.4) is 0 Å². The number of nitrogens with one attached hydrogen (secondary N) is 1. The lowest BCUT2D eigenvalue weighted by molar-refractivity contribution is -0.0259. The summed E-state index contributed by atoms with van der Waals surface area (Å²) in [5.41, 5.74) is 0.799. The fourth-order valence-corrected chi connectivity index (χ4v) is 3.18. The van der Waals surface area contributed by atoms with Gasteiger partial charge >= 0.3 is 0 Å². The summed E-state index contributed by atoms with van der Waals surface area (Å²) in [5, 5.41) is 8.68. The molecule has 1 N–H and O–H groups in total. The highest BCUT2D eigenvalue weighted by molar-refractivity contribution is 9.10. The highest BCUT2D eigenvalue weighted by Crippen LogP contribution is 2.27. The highest BCUT2D eigenvalue weighted by atomic mass is 79.9. The van der Waals surface area contributed by atoms with Gasteiger partial charge in [0.05, 0.1) is 24.1 Å². The van der Waals surface area contributed by atoms with E-state index in [2.05, 4.69) is 55.2 Å². The number of nitrogens with zero attached hydrogens (tertiary/aromatic N) is 5. The number of likely N-dealkylation sites (N-methyl/N-ethyl adjacent to an activating group) is 1. The topological polar surface area (TPSA) is 68.1 Å². The van der Waals surface area contributed by atoms with Crippen LogP contribution in [-0.2, 0) is 11.8 Å². The minimum Gasteiger partial charge on any atom is -0.373 e. The number of rotatable bonds is 3. The van der Waals surface area contributed by atoms with Crippen molar-refractivity contribution in [2.24, 2.45) is 7.05 Å². The largest absolute Gasteiger partial charge is 0.373 e. The van der Waals surface area contributed by atoms with Crippen molar-refractivity contribution >= 4 is 32.8 Å². The van der Waals surface area contributed by atoms with E-state index in [1.165, 1.54) is 0 Å². The van der Waals surface area contributed by atoms with Crippen LogP contribution in [0, 0.1) is 0 Å². The number of hydrogen-bond donors (Lipinski definition) is 1. The van der Waals surface area contributed by atoms with Crippen LogP contribution in [0.15, 0.2) is 10.9 Å². The number of ether oxygens (including phenoxy) is 1. The Bertz CT molecular complexity index is 645. The number of morpholine rings is 1. The van der Waals surface area contributed by atoms with Gasteiger partial charge in [0.15, 0.2) is 5.65 Å². The Kier molecular flexibility index (Phi) is 4.10. The third-order valence-electron chi connectivity index (χ3n) is 3.80. The van der Waals surface area contributed by atoms with Gasteiger partial charge in [-0.3, -0.25) is 0 Å². The van der Waals surface area contributed by atoms with Gasteiger partial charge in [-0.2, -0.15) is 5.10 Å². The molecule has 2 aromatic rings. The van der Waals surface area contributed by atoms with Crippen molar-refractivity contribution < 1.29 is 4.74 Å². The van der Waals surface area contributed by atoms with Crippen molar-refractivity contribution in [1.82, 2.24) is 24.6 Å². The third kappa shape index (κ3) is 2.88. The van der Waals surface area contributed by atoms with E-state index < -0.39 is 0 Å². The summed E-state index contributed by atoms with van der Waals surface area (Å²) < 4.78 is 8.33. The van der Waals surface area contributed by atoms with Crippen molar-refractivity contribution in [1.29, 1.82) is 0 Å². The first kappa shape index (κ1) is 14.7. The zero-order valence-electron chi connectivity index (χ0n) is 12.4. The van der Waals surface area contributed by atoms with E-state index >= 15 is 0 Å². The van der Waals surface area contributed by atoms with Crippen LogP contribution in [0.5, 0.6) is 0 Å². The highest BCUT2D eigenvalue weighted by Gasteiger charge is 2.25. The molecule has 0 amide bonds. The van der Waals surface area contributed by atoms with Gasteiger partial charge in [-0.15, -0.1) is 0 Å². The second-order valence-corrected chi connectivity index (χ2v) is 6.19. The minimum atomic E-state index is 0.143. The number of fused-ring (bicyclic) bond motifs is 1. The molecule has 1 aliphatic heterocycles. The summed E-state index contributed by atoms with van der Waals surface area (Å²) in [6.07, 6.45) is 1.70. The Labute approximate surface area is 131 Å². The molecule has 2 unspecified atom stereocenters. The quantitative estimate of drug-likeness (QED) is 0.894. The van der Waals surface area contributed by atoms with Crippen LogP contribution in [0.4, 0.5) is 5.82 Å². The predicted molar refractivity (Wildman–Crippen MR) is 84.3 cm³/mol. The van der Waals surface area contributed by atoms with Crippen molar-refractivity contribution in [2.45, 2.75) is 19.1 Å². The molecule has 3 heterocycles. The standard InChI is InChI=1S/C13H19BrN6O/c1-8(9-6-19(2)4-5-21-9)17-12-10-11(14)18-20(3)13(10)16-7-15-12/h7-9H,4-6H2,1-3H3,(H,15,16,17). The van der Waals surface area contributed by atoms with Crippen LogP contribution in [0.25, 0.3) is 11.0 Å². The van der Waals surface area contributed by atoms with Gasteiger partial charge in [0, 0.05) is 20.1 Å². The molecule has 0 aromatic carbocycles. The van der Waals surface area contributed by atoms with Gasteiger partial charge in [0.1, 0.15) is 16.7 Å². The minimum absolute atomic E-state index is 0.143. The average molecular weight is 355 g/mol. The molecule has 3 rings (SSSR count). The molecule has 0 spiro atoms. The maximum Gasteiger partial charge on any atom is 0.164 e. The third-order valence-corrected chi connectivity index (χ3v) is 4.35. The van der Waals surface area contributed by atoms with Crippen molar-refractivity contribution in [3.8, 4) is 0 Å². The molecule has 1 saturated heterocycles. The number of aryl methyl sites for hydroxylation is 1. The Morgan fingerprint density at radius 1 is 1.43 bits per heavy atom. The molecule has 7 nitrogen and oxygen atoms in total. The lowest BCUT2D eigenvalue weighted by Gasteiger charge is -2.34. The summed E-state index contributed by atoms with van der Waals surface area (Å²) in [7, 11) is 3.98. The smallest absolute Gasteiger partial charge is 0.164 e. The lowest BCUT2D eigenvalue weighted by Crippen LogP contribution is -2.47. The normalized spacial score (nSPS) is 21.6. The zero-order valence-corrected chi connectivity index (χ0v) is 14.0. The lowest BCUT2D eigenvalue weighted by atomic mass is 10.1. The van der Waals surface area contributed by atoms with E-state index in [1.54, 1.807) is 11.0 Å². The first-order chi connectivity index (χ1) is 10.1. The molecule has 1 aliphatic rings. The zero-order chi connectivity index (χ0) is 15.0. The van der Waals surface area contributed by atoms with Crippen LogP contribution >= 0.6 is 15.9 Å². The van der Waals surface area contributed by atoms with Crippen molar-refractivity contribution in [3.63, 3.8) is 0 Å². The fraction of sp³-hybridized carbons (Fsp3) is 0.615. The van der Waals surface area contributed by atoms with E-state index in [0.717, 1.165) is 41.2 Å². The first-order valence-corrected chi connectivity index (χ1v) is 7.75. The Morgan fingerprint density at radius 3 is 3.00 bits per heavy atom. The van der Waals surface area contributed by atoms with Crippen molar-refractivity contribution in [2.75, 3.05) is 32.1 Å². The molecule has 2 aromatic heterocycles. The molecule has 2 atom stereocenters. The Balaban J connectivity index is 1.84. The van der Waals surface area contributed by atoms with E-state index in [4.69, 9.17) is 4.74 Å². The van der Waals surface area contributed by atoms with E-state index in [0.29, 0.717) is 0 Å². The molecule has 114 valence electrons. The summed E-state index contributed by atoms with van der Waals surface area (Å²) >= 11 is 3.47. The second-order valence-electron chi connectivity index (χ2n) is 5.44. The van der Waals surface area contributed by atoms with Crippen LogP contribution in [0.1, 0.15) is 6.92 Å². The molecule has 1 fully saturated rings. The van der Waals surface area contributed by atoms with Crippen molar-refractivity contribution in [3.05, 3.63) is 10.9 Å². The number of aromatic nitrogens is 4. The van der Waals surface area contributed by atoms with Gasteiger partial charge in [-0.1, -0.05) is 0 Å². The Hall–Kier alpha value is -1.25. The van der Waals surface area contributed by atoms with Crippen LogP contribution in [0.2, 0.25) is 0 Å². The fourth-order valence-electron chi connectivity index (χ4n) is 2.57. The maximum absolute atomic E-state index is 5.85. The van der Waals surface area contributed by atoms with Gasteiger partial charge in [-0.25, -0.2) is 14.6 Å². The van der Waals surface area contributed by atoms with Gasteiger partial charge < -0.3 is 15.0 Å². The van der Waals surface area contributed by atoms with Crippen LogP contribution < -0.4 is 5.32 Å². The summed E-state index contributed by atoms with van der Waals surface area (Å²) in [4.78, 5) is 10.9. The molecular formula is C13H19BrN6O. The van der Waals surface area contributed by atoms with E-state index in [1.807, 2.05) is 7.05 Å². The second kappa shape index (κ2) is 5.86. The number of halogens is 1. The molecule has 0 bridgehead atoms. The Morgan fingerprint density at radius 2 is 2.24 bits per heavy atom. The first-order valence-electron chi connectivity index (χ1n) is 6.96. The van der Waals surface area contributed by atoms with Gasteiger partial charge in [0.25, 0.3) is 0 Å². The molecule has 0 radical (unpaired) electrons. The summed E-state index contributed by atoms with van der Waals surface area (Å²) in [5.74, 6) is 0.782. The average Bonchev–Trinajstić information content (AvgIpc) is 2.75. The number of anilines is 1. The molecular weight excluding hydrogens is 336 g/mol. The molecule has 21 heavy (non-hydrogen) atoms. The van der Waals surface area contributed by atoms with Gasteiger partial charge in [-0.05, 0) is 29.9 Å². The maximum atomic E-state index is 5.85. The monoisotopic (exact) mass is 354 g/mol. The SMILES string of the molecule is CC(Nc1ncnc2c1c(Br)nn2C)C1CN(C)CCO1. The number of hydrogen-bond acceptors (Lipinski definition) is 6. The van der Waals surface area contributed by atoms with Crippen LogP contribution in [-0.4, -0.2) is 63.5 Å². The summed E-state index contributed by atoms with van der Waals surface area (Å²) in [6.45, 7) is 4.77. The molecule has 0 saturated carbocycles. The molecule has 0 aliphatic carbocycles. The summed E-state index contributed by atoms with van der Waals surface area (Å²) in [6, 6.07) is 0.151. The molecule has 8 heteroatoms. The predicted octanol–water partition coefficient (Wildman–Crippen LogP) is 1.26. The van der Waals surface area contributed by atoms with Gasteiger partial charge in [0.2, 0.25) is 0 Å².